The van der Waals surface area contributed by atoms with E-state index in [1.54, 1.807) is 6.07 Å². The lowest BCUT2D eigenvalue weighted by molar-refractivity contribution is -0.139. The van der Waals surface area contributed by atoms with E-state index in [0.717, 1.165) is 25.2 Å². The van der Waals surface area contributed by atoms with Gasteiger partial charge in [-0.05, 0) is 32.9 Å². The van der Waals surface area contributed by atoms with Crippen LogP contribution in [0.2, 0.25) is 0 Å². The molecular weight excluding hydrogens is 422 g/mol. The Labute approximate surface area is 187 Å². The molecule has 2 bridgehead atoms. The first-order valence-corrected chi connectivity index (χ1v) is 10.7. The molecule has 2 aliphatic rings. The Kier molecular flexibility index (Phi) is 7.87. The van der Waals surface area contributed by atoms with Crippen LogP contribution in [0.25, 0.3) is 0 Å². The highest BCUT2D eigenvalue weighted by atomic mass is 19.1. The number of carbonyl (C=O) groups excluding carboxylic acids is 1. The maximum atomic E-state index is 13.9. The second-order valence-electron chi connectivity index (χ2n) is 9.06. The highest BCUT2D eigenvalue weighted by molar-refractivity contribution is 5.67. The lowest BCUT2D eigenvalue weighted by Gasteiger charge is -2.45. The Bertz CT molecular complexity index is 818. The van der Waals surface area contributed by atoms with Crippen LogP contribution in [-0.4, -0.2) is 86.1 Å². The fourth-order valence-electron chi connectivity index (χ4n) is 3.90. The molecule has 0 aliphatic carbocycles. The van der Waals surface area contributed by atoms with Gasteiger partial charge in [-0.2, -0.15) is 5.26 Å². The summed E-state index contributed by atoms with van der Waals surface area (Å²) in [5, 5.41) is 11.5. The largest absolute Gasteiger partial charge is 0.486 e. The van der Waals surface area contributed by atoms with Crippen LogP contribution in [0, 0.1) is 23.0 Å². The summed E-state index contributed by atoms with van der Waals surface area (Å²) < 4.78 is 44.5. The van der Waals surface area contributed by atoms with Crippen molar-refractivity contribution in [2.75, 3.05) is 52.4 Å². The van der Waals surface area contributed by atoms with Gasteiger partial charge in [0.15, 0.2) is 17.4 Å². The van der Waals surface area contributed by atoms with Crippen molar-refractivity contribution in [1.29, 1.82) is 5.26 Å². The molecule has 10 heteroatoms. The number of nitriles is 1. The van der Waals surface area contributed by atoms with Gasteiger partial charge in [-0.3, -0.25) is 9.80 Å². The first-order valence-electron chi connectivity index (χ1n) is 10.7. The smallest absolute Gasteiger partial charge is 0.407 e. The zero-order valence-electron chi connectivity index (χ0n) is 18.7. The minimum absolute atomic E-state index is 0.0208. The number of benzene rings is 1. The van der Waals surface area contributed by atoms with Gasteiger partial charge >= 0.3 is 6.09 Å². The molecule has 1 aromatic carbocycles. The molecule has 0 radical (unpaired) electrons. The monoisotopic (exact) mass is 452 g/mol. The van der Waals surface area contributed by atoms with E-state index in [0.29, 0.717) is 32.7 Å². The predicted octanol–water partition coefficient (Wildman–Crippen LogP) is 2.12. The van der Waals surface area contributed by atoms with E-state index in [1.807, 2.05) is 20.8 Å². The number of carbonyl (C=O) groups is 1. The summed E-state index contributed by atoms with van der Waals surface area (Å²) in [7, 11) is 0. The van der Waals surface area contributed by atoms with E-state index in [9.17, 15) is 13.6 Å². The number of hydrogen-bond acceptors (Lipinski definition) is 7. The van der Waals surface area contributed by atoms with Crippen molar-refractivity contribution < 1.29 is 27.8 Å². The highest BCUT2D eigenvalue weighted by Gasteiger charge is 2.34. The van der Waals surface area contributed by atoms with Gasteiger partial charge < -0.3 is 19.5 Å². The van der Waals surface area contributed by atoms with Crippen molar-refractivity contribution in [3.8, 4) is 11.8 Å². The van der Waals surface area contributed by atoms with Gasteiger partial charge in [0.25, 0.3) is 0 Å². The minimum atomic E-state index is -0.879. The second-order valence-corrected chi connectivity index (χ2v) is 9.06. The number of morpholine rings is 2. The first-order chi connectivity index (χ1) is 15.1. The number of rotatable bonds is 7. The average Bonchev–Trinajstić information content (AvgIpc) is 2.68. The van der Waals surface area contributed by atoms with Crippen LogP contribution in [0.3, 0.4) is 0 Å². The van der Waals surface area contributed by atoms with Crippen LogP contribution in [0.5, 0.6) is 5.75 Å². The molecule has 2 aliphatic heterocycles. The van der Waals surface area contributed by atoms with E-state index in [-0.39, 0.29) is 24.4 Å². The molecule has 2 fully saturated rings. The molecule has 1 amide bonds. The number of amides is 1. The zero-order chi connectivity index (χ0) is 23.3. The van der Waals surface area contributed by atoms with Gasteiger partial charge in [0.2, 0.25) is 0 Å². The van der Waals surface area contributed by atoms with E-state index >= 15 is 0 Å². The molecule has 1 aromatic rings. The standard InChI is InChI=1S/C22H30F2N4O4/c1-22(2,3)32-21(29)26-4-5-27-11-16-13-28(14-17(12-27)31-16)6-7-30-20-18(23)8-15(10-25)9-19(20)24/h8-9,16-17H,4-7,11-14H2,1-3H3,(H,26,29). The third-order valence-corrected chi connectivity index (χ3v) is 5.11. The zero-order valence-corrected chi connectivity index (χ0v) is 18.7. The molecule has 176 valence electrons. The summed E-state index contributed by atoms with van der Waals surface area (Å²) in [5.74, 6) is -2.21. The Morgan fingerprint density at radius 2 is 1.72 bits per heavy atom. The van der Waals surface area contributed by atoms with Crippen LogP contribution < -0.4 is 10.1 Å². The van der Waals surface area contributed by atoms with Gasteiger partial charge in [0.1, 0.15) is 12.2 Å². The van der Waals surface area contributed by atoms with Crippen molar-refractivity contribution in [2.24, 2.45) is 0 Å². The molecule has 1 N–H and O–H groups in total. The summed E-state index contributed by atoms with van der Waals surface area (Å²) in [6.07, 6.45) is -0.382. The van der Waals surface area contributed by atoms with Gasteiger partial charge in [0.05, 0.1) is 23.8 Å². The van der Waals surface area contributed by atoms with Crippen LogP contribution in [0.15, 0.2) is 12.1 Å². The molecule has 0 aromatic heterocycles. The maximum Gasteiger partial charge on any atom is 0.407 e. The number of hydrogen-bond donors (Lipinski definition) is 1. The fourth-order valence-corrected chi connectivity index (χ4v) is 3.90. The van der Waals surface area contributed by atoms with E-state index in [4.69, 9.17) is 19.5 Å². The molecule has 2 saturated heterocycles. The first kappa shape index (κ1) is 24.2. The molecule has 32 heavy (non-hydrogen) atoms. The molecule has 8 nitrogen and oxygen atoms in total. The maximum absolute atomic E-state index is 13.9. The van der Waals surface area contributed by atoms with E-state index in [1.165, 1.54) is 0 Å². The molecule has 0 spiro atoms. The van der Waals surface area contributed by atoms with Crippen molar-refractivity contribution in [3.05, 3.63) is 29.3 Å². The number of nitrogens with zero attached hydrogens (tertiary/aromatic N) is 3. The summed E-state index contributed by atoms with van der Waals surface area (Å²) >= 11 is 0. The van der Waals surface area contributed by atoms with Crippen molar-refractivity contribution in [2.45, 2.75) is 38.6 Å². The Morgan fingerprint density at radius 3 is 2.25 bits per heavy atom. The summed E-state index contributed by atoms with van der Waals surface area (Å²) in [4.78, 5) is 16.2. The summed E-state index contributed by atoms with van der Waals surface area (Å²) in [6.45, 7) is 10.2. The number of alkyl carbamates (subject to hydrolysis) is 1. The second kappa shape index (κ2) is 10.4. The SMILES string of the molecule is CC(C)(C)OC(=O)NCCN1CC2CN(CCOc3c(F)cc(C#N)cc3F)CC(C1)O2. The Balaban J connectivity index is 1.39. The third-order valence-electron chi connectivity index (χ3n) is 5.11. The number of fused-ring (bicyclic) bond motifs is 2. The summed E-state index contributed by atoms with van der Waals surface area (Å²) in [5.41, 5.74) is -0.607. The van der Waals surface area contributed by atoms with E-state index < -0.39 is 29.1 Å². The Hall–Kier alpha value is -2.48. The van der Waals surface area contributed by atoms with E-state index in [2.05, 4.69) is 15.1 Å². The topological polar surface area (TPSA) is 87.1 Å². The highest BCUT2D eigenvalue weighted by Crippen LogP contribution is 2.23. The van der Waals surface area contributed by atoms with Crippen LogP contribution in [0.4, 0.5) is 13.6 Å². The van der Waals surface area contributed by atoms with Gasteiger partial charge in [0, 0.05) is 45.8 Å². The van der Waals surface area contributed by atoms with Crippen LogP contribution >= 0.6 is 0 Å². The van der Waals surface area contributed by atoms with Crippen molar-refractivity contribution >= 4 is 6.09 Å². The molecule has 2 heterocycles. The van der Waals surface area contributed by atoms with Crippen molar-refractivity contribution in [1.82, 2.24) is 15.1 Å². The number of nitrogens with one attached hydrogen (secondary N) is 1. The van der Waals surface area contributed by atoms with Crippen molar-refractivity contribution in [3.63, 3.8) is 0 Å². The summed E-state index contributed by atoms with van der Waals surface area (Å²) in [6, 6.07) is 3.63. The lowest BCUT2D eigenvalue weighted by atomic mass is 10.1. The normalized spacial score (nSPS) is 21.6. The van der Waals surface area contributed by atoms with Crippen LogP contribution in [0.1, 0.15) is 26.3 Å². The molecular formula is C22H30F2N4O4. The molecule has 2 atom stereocenters. The molecule has 0 saturated carbocycles. The third kappa shape index (κ3) is 7.02. The fraction of sp³-hybridized carbons (Fsp3) is 0.636. The molecule has 2 unspecified atom stereocenters. The number of halogens is 2. The van der Waals surface area contributed by atoms with Gasteiger partial charge in [-0.15, -0.1) is 0 Å². The quantitative estimate of drug-likeness (QED) is 0.678. The lowest BCUT2D eigenvalue weighted by Crippen LogP contribution is -2.60. The van der Waals surface area contributed by atoms with Gasteiger partial charge in [-0.1, -0.05) is 0 Å². The molecule has 3 rings (SSSR count). The average molecular weight is 453 g/mol. The minimum Gasteiger partial charge on any atom is -0.486 e. The van der Waals surface area contributed by atoms with Gasteiger partial charge in [-0.25, -0.2) is 13.6 Å². The number of ether oxygens (including phenoxy) is 3. The van der Waals surface area contributed by atoms with Crippen LogP contribution in [-0.2, 0) is 9.47 Å². The predicted molar refractivity (Wildman–Crippen MR) is 112 cm³/mol. The Morgan fingerprint density at radius 1 is 1.16 bits per heavy atom.